The molecule has 2 aliphatic rings. The van der Waals surface area contributed by atoms with Gasteiger partial charge in [0.05, 0.1) is 6.04 Å². The van der Waals surface area contributed by atoms with Crippen LogP contribution in [0.2, 0.25) is 5.02 Å². The van der Waals surface area contributed by atoms with Crippen molar-refractivity contribution in [3.8, 4) is 0 Å². The van der Waals surface area contributed by atoms with Gasteiger partial charge in [-0.15, -0.1) is 24.8 Å². The normalized spacial score (nSPS) is 19.7. The number of hydrogen-bond donors (Lipinski definition) is 2. The molecule has 2 fully saturated rings. The maximum atomic E-state index is 14.4. The zero-order valence-electron chi connectivity index (χ0n) is 14.8. The molecule has 1 amide bonds. The van der Waals surface area contributed by atoms with Crippen LogP contribution in [0.25, 0.3) is 0 Å². The van der Waals surface area contributed by atoms with Gasteiger partial charge in [-0.2, -0.15) is 0 Å². The number of nitrogens with one attached hydrogen (secondary N) is 2. The molecule has 0 bridgehead atoms. The lowest BCUT2D eigenvalue weighted by atomic mass is 9.88. The molecule has 2 atom stereocenters. The second-order valence-corrected chi connectivity index (χ2v) is 7.25. The van der Waals surface area contributed by atoms with Crippen molar-refractivity contribution in [1.82, 2.24) is 15.5 Å². The molecule has 0 aromatic heterocycles. The maximum absolute atomic E-state index is 14.4. The molecule has 2 N–H and O–H groups in total. The van der Waals surface area contributed by atoms with Gasteiger partial charge in [0.1, 0.15) is 5.82 Å². The van der Waals surface area contributed by atoms with Gasteiger partial charge in [-0.1, -0.05) is 24.6 Å². The van der Waals surface area contributed by atoms with Gasteiger partial charge in [0.2, 0.25) is 5.91 Å². The highest BCUT2D eigenvalue weighted by molar-refractivity contribution is 6.31. The summed E-state index contributed by atoms with van der Waals surface area (Å²) in [6, 6.07) is 4.56. The molecule has 4 nitrogen and oxygen atoms in total. The number of amides is 1. The lowest BCUT2D eigenvalue weighted by molar-refractivity contribution is -0.126. The van der Waals surface area contributed by atoms with Crippen LogP contribution in [-0.2, 0) is 4.79 Å². The molecule has 2 aliphatic heterocycles. The number of carbonyl (C=O) groups excluding carboxylic acids is 1. The van der Waals surface area contributed by atoms with E-state index in [1.165, 1.54) is 6.07 Å². The van der Waals surface area contributed by atoms with E-state index in [0.29, 0.717) is 23.0 Å². The van der Waals surface area contributed by atoms with Crippen molar-refractivity contribution in [1.29, 1.82) is 0 Å². The summed E-state index contributed by atoms with van der Waals surface area (Å²) in [5.74, 6) is 0.108. The Bertz CT molecular complexity index is 575. The third kappa shape index (κ3) is 5.23. The van der Waals surface area contributed by atoms with Crippen molar-refractivity contribution >= 4 is 42.3 Å². The highest BCUT2D eigenvalue weighted by atomic mass is 35.5. The fourth-order valence-electron chi connectivity index (χ4n) is 3.53. The first-order valence-corrected chi connectivity index (χ1v) is 9.12. The van der Waals surface area contributed by atoms with Crippen molar-refractivity contribution in [2.24, 2.45) is 11.8 Å². The number of benzene rings is 1. The van der Waals surface area contributed by atoms with E-state index in [1.807, 2.05) is 6.92 Å². The Balaban J connectivity index is 0.00000169. The summed E-state index contributed by atoms with van der Waals surface area (Å²) in [5.41, 5.74) is 0.499. The summed E-state index contributed by atoms with van der Waals surface area (Å²) >= 11 is 6.27. The van der Waals surface area contributed by atoms with Crippen molar-refractivity contribution in [3.63, 3.8) is 0 Å². The van der Waals surface area contributed by atoms with Crippen LogP contribution in [0.4, 0.5) is 4.39 Å². The van der Waals surface area contributed by atoms with Crippen LogP contribution in [0.1, 0.15) is 31.4 Å². The van der Waals surface area contributed by atoms with Gasteiger partial charge < -0.3 is 10.6 Å². The van der Waals surface area contributed by atoms with Gasteiger partial charge in [-0.3, -0.25) is 9.69 Å². The molecule has 3 rings (SSSR count). The highest BCUT2D eigenvalue weighted by Crippen LogP contribution is 2.32. The van der Waals surface area contributed by atoms with Crippen LogP contribution in [0.15, 0.2) is 18.2 Å². The molecular formula is C18H27Cl3FN3O. The van der Waals surface area contributed by atoms with Gasteiger partial charge in [-0.25, -0.2) is 4.39 Å². The summed E-state index contributed by atoms with van der Waals surface area (Å²) in [4.78, 5) is 14.6. The van der Waals surface area contributed by atoms with E-state index in [4.69, 9.17) is 11.6 Å². The number of rotatable bonds is 6. The first-order chi connectivity index (χ1) is 11.6. The van der Waals surface area contributed by atoms with Crippen molar-refractivity contribution in [2.75, 3.05) is 32.7 Å². The zero-order chi connectivity index (χ0) is 17.1. The van der Waals surface area contributed by atoms with Crippen molar-refractivity contribution in [3.05, 3.63) is 34.6 Å². The van der Waals surface area contributed by atoms with Crippen LogP contribution in [0, 0.1) is 17.7 Å². The largest absolute Gasteiger partial charge is 0.354 e. The minimum atomic E-state index is -0.301. The number of likely N-dealkylation sites (tertiary alicyclic amines) is 1. The topological polar surface area (TPSA) is 44.4 Å². The second-order valence-electron chi connectivity index (χ2n) is 6.85. The average Bonchev–Trinajstić information content (AvgIpc) is 3.02. The quantitative estimate of drug-likeness (QED) is 0.732. The van der Waals surface area contributed by atoms with Gasteiger partial charge in [0, 0.05) is 23.0 Å². The predicted molar refractivity (Wildman–Crippen MR) is 108 cm³/mol. The molecular weight excluding hydrogens is 400 g/mol. The Morgan fingerprint density at radius 2 is 2.00 bits per heavy atom. The molecule has 2 heterocycles. The highest BCUT2D eigenvalue weighted by Gasteiger charge is 2.31. The van der Waals surface area contributed by atoms with Crippen molar-refractivity contribution < 1.29 is 9.18 Å². The molecule has 1 aromatic rings. The van der Waals surface area contributed by atoms with Crippen LogP contribution in [0.5, 0.6) is 0 Å². The number of hydrogen-bond acceptors (Lipinski definition) is 3. The minimum Gasteiger partial charge on any atom is -0.354 e. The molecule has 26 heavy (non-hydrogen) atoms. The van der Waals surface area contributed by atoms with Crippen LogP contribution < -0.4 is 10.6 Å². The van der Waals surface area contributed by atoms with E-state index in [2.05, 4.69) is 15.5 Å². The maximum Gasteiger partial charge on any atom is 0.223 e. The van der Waals surface area contributed by atoms with Gasteiger partial charge >= 0.3 is 0 Å². The lowest BCUT2D eigenvalue weighted by Gasteiger charge is -2.33. The predicted octanol–water partition coefficient (Wildman–Crippen LogP) is 3.43. The summed E-state index contributed by atoms with van der Waals surface area (Å²) in [7, 11) is 0. The van der Waals surface area contributed by atoms with E-state index in [-0.39, 0.29) is 48.5 Å². The third-order valence-corrected chi connectivity index (χ3v) is 5.65. The Hall–Kier alpha value is -0.590. The van der Waals surface area contributed by atoms with Crippen LogP contribution in [-0.4, -0.2) is 43.5 Å². The standard InChI is InChI=1S/C18H25ClFN3O.2ClH/c1-12(13-9-21-10-13)18(24)22-11-16(23-7-2-3-8-23)17-14(19)5-4-6-15(17)20;;/h4-6,12-13,16,21H,2-3,7-11H2,1H3,(H,22,24);2*1H. The van der Waals surface area contributed by atoms with Gasteiger partial charge in [0.25, 0.3) is 0 Å². The smallest absolute Gasteiger partial charge is 0.223 e. The van der Waals surface area contributed by atoms with E-state index in [9.17, 15) is 9.18 Å². The summed E-state index contributed by atoms with van der Waals surface area (Å²) in [5, 5.41) is 6.65. The molecule has 148 valence electrons. The minimum absolute atomic E-state index is 0. The zero-order valence-corrected chi connectivity index (χ0v) is 17.2. The molecule has 1 aromatic carbocycles. The van der Waals surface area contributed by atoms with Crippen LogP contribution in [0.3, 0.4) is 0 Å². The van der Waals surface area contributed by atoms with E-state index in [0.717, 1.165) is 39.0 Å². The number of nitrogens with zero attached hydrogens (tertiary/aromatic N) is 1. The molecule has 2 unspecified atom stereocenters. The summed E-state index contributed by atoms with van der Waals surface area (Å²) in [6.45, 7) is 5.96. The summed E-state index contributed by atoms with van der Waals surface area (Å²) in [6.07, 6.45) is 2.20. The van der Waals surface area contributed by atoms with E-state index >= 15 is 0 Å². The van der Waals surface area contributed by atoms with Gasteiger partial charge in [0.15, 0.2) is 0 Å². The summed E-state index contributed by atoms with van der Waals surface area (Å²) < 4.78 is 14.4. The molecule has 8 heteroatoms. The number of carbonyl (C=O) groups is 1. The van der Waals surface area contributed by atoms with E-state index < -0.39 is 0 Å². The fraction of sp³-hybridized carbons (Fsp3) is 0.611. The number of halogens is 4. The Morgan fingerprint density at radius 1 is 1.35 bits per heavy atom. The molecule has 2 saturated heterocycles. The second kappa shape index (κ2) is 10.7. The molecule has 0 saturated carbocycles. The monoisotopic (exact) mass is 425 g/mol. The van der Waals surface area contributed by atoms with E-state index in [1.54, 1.807) is 12.1 Å². The third-order valence-electron chi connectivity index (χ3n) is 5.32. The first-order valence-electron chi connectivity index (χ1n) is 8.74. The molecule has 0 spiro atoms. The average molecular weight is 427 g/mol. The SMILES string of the molecule is CC(C(=O)NCC(c1c(F)cccc1Cl)N1CCCC1)C1CNC1.Cl.Cl. The molecule has 0 aliphatic carbocycles. The lowest BCUT2D eigenvalue weighted by Crippen LogP contribution is -2.50. The fourth-order valence-corrected chi connectivity index (χ4v) is 3.82. The Labute approximate surface area is 172 Å². The molecule has 0 radical (unpaired) electrons. The first kappa shape index (κ1) is 23.4. The van der Waals surface area contributed by atoms with Crippen LogP contribution >= 0.6 is 36.4 Å². The Kier molecular flexibility index (Phi) is 9.62. The Morgan fingerprint density at radius 3 is 2.54 bits per heavy atom. The van der Waals surface area contributed by atoms with Crippen molar-refractivity contribution in [2.45, 2.75) is 25.8 Å². The van der Waals surface area contributed by atoms with Gasteiger partial charge in [-0.05, 0) is 57.1 Å².